The maximum Gasteiger partial charge on any atom is 0.331 e. The SMILES string of the molecule is CC(OC(=O)/C=C/c1ccc(OCC#N)cc1)C(=O)NC(C)c1ccc(Cl)cc1Cl. The van der Waals surface area contributed by atoms with Gasteiger partial charge in [0, 0.05) is 16.1 Å². The van der Waals surface area contributed by atoms with Gasteiger partial charge in [0.15, 0.2) is 12.7 Å². The summed E-state index contributed by atoms with van der Waals surface area (Å²) in [5, 5.41) is 12.2. The molecule has 0 aromatic heterocycles. The van der Waals surface area contributed by atoms with Crippen LogP contribution in [0.3, 0.4) is 0 Å². The quantitative estimate of drug-likeness (QED) is 0.468. The number of carbonyl (C=O) groups is 2. The van der Waals surface area contributed by atoms with Crippen LogP contribution in [-0.4, -0.2) is 24.6 Å². The number of hydrogen-bond acceptors (Lipinski definition) is 5. The number of esters is 1. The van der Waals surface area contributed by atoms with Gasteiger partial charge in [0.1, 0.15) is 11.8 Å². The number of rotatable bonds is 8. The van der Waals surface area contributed by atoms with Crippen molar-refractivity contribution in [2.24, 2.45) is 0 Å². The van der Waals surface area contributed by atoms with Gasteiger partial charge in [-0.1, -0.05) is 41.4 Å². The molecule has 2 atom stereocenters. The Kier molecular flexibility index (Phi) is 8.72. The summed E-state index contributed by atoms with van der Waals surface area (Å²) >= 11 is 12.0. The van der Waals surface area contributed by atoms with Crippen LogP contribution in [0.15, 0.2) is 48.5 Å². The number of amides is 1. The number of hydrogen-bond donors (Lipinski definition) is 1. The van der Waals surface area contributed by atoms with E-state index in [0.717, 1.165) is 5.56 Å². The lowest BCUT2D eigenvalue weighted by atomic mass is 10.1. The van der Waals surface area contributed by atoms with Gasteiger partial charge < -0.3 is 14.8 Å². The van der Waals surface area contributed by atoms with E-state index >= 15 is 0 Å². The Labute approximate surface area is 185 Å². The van der Waals surface area contributed by atoms with E-state index < -0.39 is 18.0 Å². The lowest BCUT2D eigenvalue weighted by Crippen LogP contribution is -2.37. The van der Waals surface area contributed by atoms with Crippen LogP contribution in [-0.2, 0) is 14.3 Å². The van der Waals surface area contributed by atoms with Crippen molar-refractivity contribution >= 4 is 41.2 Å². The molecule has 30 heavy (non-hydrogen) atoms. The fourth-order valence-corrected chi connectivity index (χ4v) is 3.06. The minimum Gasteiger partial charge on any atom is -0.479 e. The predicted octanol–water partition coefficient (Wildman–Crippen LogP) is 4.72. The maximum absolute atomic E-state index is 12.3. The number of nitriles is 1. The molecule has 0 heterocycles. The summed E-state index contributed by atoms with van der Waals surface area (Å²) in [7, 11) is 0. The molecule has 0 fully saturated rings. The molecule has 0 aliphatic rings. The normalized spacial score (nSPS) is 12.6. The van der Waals surface area contributed by atoms with E-state index in [2.05, 4.69) is 5.32 Å². The van der Waals surface area contributed by atoms with E-state index in [9.17, 15) is 9.59 Å². The van der Waals surface area contributed by atoms with Gasteiger partial charge >= 0.3 is 5.97 Å². The van der Waals surface area contributed by atoms with Crippen LogP contribution in [0.5, 0.6) is 5.75 Å². The van der Waals surface area contributed by atoms with Gasteiger partial charge in [-0.3, -0.25) is 4.79 Å². The molecule has 0 radical (unpaired) electrons. The van der Waals surface area contributed by atoms with Crippen molar-refractivity contribution in [1.82, 2.24) is 5.32 Å². The van der Waals surface area contributed by atoms with E-state index in [1.165, 1.54) is 13.0 Å². The second kappa shape index (κ2) is 11.2. The summed E-state index contributed by atoms with van der Waals surface area (Å²) in [6, 6.07) is 13.3. The van der Waals surface area contributed by atoms with E-state index in [1.807, 2.05) is 6.07 Å². The van der Waals surface area contributed by atoms with Crippen molar-refractivity contribution in [2.75, 3.05) is 6.61 Å². The molecule has 8 heteroatoms. The largest absolute Gasteiger partial charge is 0.479 e. The first-order valence-corrected chi connectivity index (χ1v) is 9.79. The van der Waals surface area contributed by atoms with Gasteiger partial charge in [0.25, 0.3) is 5.91 Å². The van der Waals surface area contributed by atoms with Crippen LogP contribution < -0.4 is 10.1 Å². The zero-order chi connectivity index (χ0) is 22.1. The molecular formula is C22H20Cl2N2O4. The number of carbonyl (C=O) groups excluding carboxylic acids is 2. The van der Waals surface area contributed by atoms with Crippen molar-refractivity contribution in [3.8, 4) is 11.8 Å². The maximum atomic E-state index is 12.3. The first-order chi connectivity index (χ1) is 14.3. The smallest absolute Gasteiger partial charge is 0.331 e. The zero-order valence-electron chi connectivity index (χ0n) is 16.4. The summed E-state index contributed by atoms with van der Waals surface area (Å²) in [5.74, 6) is -0.551. The van der Waals surface area contributed by atoms with Gasteiger partial charge in [-0.15, -0.1) is 0 Å². The molecule has 2 aromatic carbocycles. The van der Waals surface area contributed by atoms with Gasteiger partial charge in [-0.05, 0) is 55.3 Å². The van der Waals surface area contributed by atoms with E-state index in [1.54, 1.807) is 55.5 Å². The minimum absolute atomic E-state index is 0.0374. The van der Waals surface area contributed by atoms with Gasteiger partial charge in [0.2, 0.25) is 0 Å². The van der Waals surface area contributed by atoms with Gasteiger partial charge in [-0.2, -0.15) is 5.26 Å². The number of benzene rings is 2. The Morgan fingerprint density at radius 1 is 1.17 bits per heavy atom. The molecular weight excluding hydrogens is 427 g/mol. The third kappa shape index (κ3) is 7.11. The molecule has 2 aromatic rings. The highest BCUT2D eigenvalue weighted by Crippen LogP contribution is 2.26. The Hall–Kier alpha value is -3.01. The van der Waals surface area contributed by atoms with E-state index in [0.29, 0.717) is 21.4 Å². The number of halogens is 2. The second-order valence-electron chi connectivity index (χ2n) is 6.32. The third-order valence-corrected chi connectivity index (χ3v) is 4.61. The van der Waals surface area contributed by atoms with E-state index in [-0.39, 0.29) is 12.6 Å². The molecule has 0 aliphatic carbocycles. The zero-order valence-corrected chi connectivity index (χ0v) is 17.9. The summed E-state index contributed by atoms with van der Waals surface area (Å²) in [4.78, 5) is 24.3. The van der Waals surface area contributed by atoms with Crippen LogP contribution in [0.4, 0.5) is 0 Å². The molecule has 0 saturated carbocycles. The second-order valence-corrected chi connectivity index (χ2v) is 7.17. The lowest BCUT2D eigenvalue weighted by Gasteiger charge is -2.19. The number of nitrogens with one attached hydrogen (secondary N) is 1. The van der Waals surface area contributed by atoms with Crippen LogP contribution in [0, 0.1) is 11.3 Å². The van der Waals surface area contributed by atoms with Crippen LogP contribution in [0.2, 0.25) is 10.0 Å². The van der Waals surface area contributed by atoms with Crippen molar-refractivity contribution < 1.29 is 19.1 Å². The first-order valence-electron chi connectivity index (χ1n) is 9.04. The topological polar surface area (TPSA) is 88.4 Å². The Bertz CT molecular complexity index is 968. The van der Waals surface area contributed by atoms with Crippen molar-refractivity contribution in [3.05, 3.63) is 69.7 Å². The summed E-state index contributed by atoms with van der Waals surface area (Å²) in [6.45, 7) is 3.22. The third-order valence-electron chi connectivity index (χ3n) is 4.05. The molecule has 0 spiro atoms. The van der Waals surface area contributed by atoms with Crippen molar-refractivity contribution in [1.29, 1.82) is 5.26 Å². The number of nitrogens with zero attached hydrogens (tertiary/aromatic N) is 1. The Morgan fingerprint density at radius 3 is 2.50 bits per heavy atom. The summed E-state index contributed by atoms with van der Waals surface area (Å²) in [6.07, 6.45) is 1.79. The Morgan fingerprint density at radius 2 is 1.87 bits per heavy atom. The van der Waals surface area contributed by atoms with Gasteiger partial charge in [-0.25, -0.2) is 4.79 Å². The monoisotopic (exact) mass is 446 g/mol. The fraction of sp³-hybridized carbons (Fsp3) is 0.227. The molecule has 1 N–H and O–H groups in total. The predicted molar refractivity (Wildman–Crippen MR) is 115 cm³/mol. The molecule has 0 aliphatic heterocycles. The van der Waals surface area contributed by atoms with Crippen molar-refractivity contribution in [3.63, 3.8) is 0 Å². The Balaban J connectivity index is 1.87. The molecule has 1 amide bonds. The first kappa shape index (κ1) is 23.3. The molecule has 0 saturated heterocycles. The summed E-state index contributed by atoms with van der Waals surface area (Å²) < 4.78 is 10.3. The lowest BCUT2D eigenvalue weighted by molar-refractivity contribution is -0.150. The van der Waals surface area contributed by atoms with Crippen LogP contribution >= 0.6 is 23.2 Å². The van der Waals surface area contributed by atoms with Crippen molar-refractivity contribution in [2.45, 2.75) is 26.0 Å². The van der Waals surface area contributed by atoms with Crippen LogP contribution in [0.25, 0.3) is 6.08 Å². The fourth-order valence-electron chi connectivity index (χ4n) is 2.48. The molecule has 2 rings (SSSR count). The summed E-state index contributed by atoms with van der Waals surface area (Å²) in [5.41, 5.74) is 1.44. The highest BCUT2D eigenvalue weighted by molar-refractivity contribution is 6.35. The molecule has 6 nitrogen and oxygen atoms in total. The average molecular weight is 447 g/mol. The minimum atomic E-state index is -0.988. The number of ether oxygens (including phenoxy) is 2. The average Bonchev–Trinajstić information content (AvgIpc) is 2.71. The highest BCUT2D eigenvalue weighted by atomic mass is 35.5. The molecule has 2 unspecified atom stereocenters. The van der Waals surface area contributed by atoms with Gasteiger partial charge in [0.05, 0.1) is 6.04 Å². The highest BCUT2D eigenvalue weighted by Gasteiger charge is 2.20. The standard InChI is InChI=1S/C22H20Cl2N2O4/c1-14(19-9-6-17(23)13-20(19)24)26-22(28)15(2)30-21(27)10-5-16-3-7-18(8-4-16)29-12-11-25/h3-10,13-15H,12H2,1-2H3,(H,26,28)/b10-5+. The molecule has 0 bridgehead atoms. The van der Waals surface area contributed by atoms with E-state index in [4.69, 9.17) is 37.9 Å². The van der Waals surface area contributed by atoms with Crippen LogP contribution in [0.1, 0.15) is 31.0 Å². The molecule has 156 valence electrons.